The lowest BCUT2D eigenvalue weighted by Gasteiger charge is -2.38. The topological polar surface area (TPSA) is 56.9 Å². The average Bonchev–Trinajstić information content (AvgIpc) is 2.94. The molecule has 2 saturated heterocycles. The number of aliphatic carboxylic acids is 1. The normalized spacial score (nSPS) is 25.9. The summed E-state index contributed by atoms with van der Waals surface area (Å²) in [5, 5.41) is 9.31. The molecular weight excluding hydrogens is 280 g/mol. The molecule has 2 fully saturated rings. The molecule has 0 bridgehead atoms. The number of carboxylic acids is 1. The summed E-state index contributed by atoms with van der Waals surface area (Å²) in [6.45, 7) is 7.91. The number of hydrogen-bond acceptors (Lipinski definition) is 4. The lowest BCUT2D eigenvalue weighted by molar-refractivity contribution is -0.141. The highest BCUT2D eigenvalue weighted by atomic mass is 16.4. The molecule has 1 N–H and O–H groups in total. The quantitative estimate of drug-likeness (QED) is 0.928. The molecule has 2 aliphatic rings. The highest BCUT2D eigenvalue weighted by Crippen LogP contribution is 2.43. The standard InChI is InChI=1S/C17H26N2O3/c1-12-8-14(22-13(12)2)10-19-6-4-17(5-7-19)9-15(16(20)21)18(3)11-17/h8,15H,4-7,9-11H2,1-3H3,(H,20,21). The van der Waals surface area contributed by atoms with Gasteiger partial charge in [0.05, 0.1) is 6.54 Å². The van der Waals surface area contributed by atoms with Crippen molar-refractivity contribution in [1.82, 2.24) is 9.80 Å². The zero-order valence-electron chi connectivity index (χ0n) is 13.8. The van der Waals surface area contributed by atoms with Crippen LogP contribution in [0.25, 0.3) is 0 Å². The van der Waals surface area contributed by atoms with Crippen LogP contribution in [0.5, 0.6) is 0 Å². The van der Waals surface area contributed by atoms with E-state index in [4.69, 9.17) is 4.42 Å². The van der Waals surface area contributed by atoms with Gasteiger partial charge in [-0.15, -0.1) is 0 Å². The summed E-state index contributed by atoms with van der Waals surface area (Å²) in [6, 6.07) is 1.82. The van der Waals surface area contributed by atoms with Crippen molar-refractivity contribution in [1.29, 1.82) is 0 Å². The third kappa shape index (κ3) is 2.92. The van der Waals surface area contributed by atoms with E-state index in [1.165, 1.54) is 5.56 Å². The smallest absolute Gasteiger partial charge is 0.320 e. The lowest BCUT2D eigenvalue weighted by atomic mass is 9.76. The summed E-state index contributed by atoms with van der Waals surface area (Å²) in [5.41, 5.74) is 1.41. The van der Waals surface area contributed by atoms with Gasteiger partial charge in [0.25, 0.3) is 0 Å². The van der Waals surface area contributed by atoms with Crippen molar-refractivity contribution < 1.29 is 14.3 Å². The summed E-state index contributed by atoms with van der Waals surface area (Å²) < 4.78 is 5.77. The van der Waals surface area contributed by atoms with E-state index in [1.54, 1.807) is 0 Å². The van der Waals surface area contributed by atoms with Gasteiger partial charge in [-0.25, -0.2) is 0 Å². The second-order valence-corrected chi connectivity index (χ2v) is 7.20. The molecule has 0 aliphatic carbocycles. The van der Waals surface area contributed by atoms with Crippen molar-refractivity contribution in [3.05, 3.63) is 23.2 Å². The number of piperidine rings is 1. The third-order valence-electron chi connectivity index (χ3n) is 5.54. The Kier molecular flexibility index (Phi) is 4.03. The number of aryl methyl sites for hydroxylation is 2. The van der Waals surface area contributed by atoms with Crippen molar-refractivity contribution in [3.8, 4) is 0 Å². The van der Waals surface area contributed by atoms with Gasteiger partial charge in [0.15, 0.2) is 0 Å². The Morgan fingerprint density at radius 3 is 2.59 bits per heavy atom. The molecule has 1 unspecified atom stereocenters. The predicted octanol–water partition coefficient (Wildman–Crippen LogP) is 2.27. The molecule has 5 nitrogen and oxygen atoms in total. The minimum Gasteiger partial charge on any atom is -0.480 e. The Morgan fingerprint density at radius 1 is 1.41 bits per heavy atom. The van der Waals surface area contributed by atoms with Crippen LogP contribution < -0.4 is 0 Å². The number of likely N-dealkylation sites (N-methyl/N-ethyl adjacent to an activating group) is 1. The molecule has 2 aliphatic heterocycles. The maximum Gasteiger partial charge on any atom is 0.320 e. The third-order valence-corrected chi connectivity index (χ3v) is 5.54. The fourth-order valence-electron chi connectivity index (χ4n) is 4.04. The molecular formula is C17H26N2O3. The van der Waals surface area contributed by atoms with Crippen LogP contribution in [0, 0.1) is 19.3 Å². The van der Waals surface area contributed by atoms with E-state index in [9.17, 15) is 9.90 Å². The van der Waals surface area contributed by atoms with Gasteiger partial charge >= 0.3 is 5.97 Å². The van der Waals surface area contributed by atoms with E-state index >= 15 is 0 Å². The maximum atomic E-state index is 11.3. The minimum atomic E-state index is -0.677. The van der Waals surface area contributed by atoms with Gasteiger partial charge in [-0.1, -0.05) is 0 Å². The van der Waals surface area contributed by atoms with Crippen molar-refractivity contribution in [3.63, 3.8) is 0 Å². The number of likely N-dealkylation sites (tertiary alicyclic amines) is 2. The van der Waals surface area contributed by atoms with Crippen molar-refractivity contribution in [2.45, 2.75) is 45.7 Å². The van der Waals surface area contributed by atoms with Crippen LogP contribution in [0.3, 0.4) is 0 Å². The van der Waals surface area contributed by atoms with E-state index < -0.39 is 5.97 Å². The molecule has 3 heterocycles. The molecule has 0 amide bonds. The number of carboxylic acid groups (broad SMARTS) is 1. The van der Waals surface area contributed by atoms with E-state index in [1.807, 2.05) is 18.9 Å². The van der Waals surface area contributed by atoms with Gasteiger partial charge < -0.3 is 9.52 Å². The molecule has 22 heavy (non-hydrogen) atoms. The summed E-state index contributed by atoms with van der Waals surface area (Å²) in [4.78, 5) is 15.8. The van der Waals surface area contributed by atoms with Crippen LogP contribution in [0.15, 0.2) is 10.5 Å². The van der Waals surface area contributed by atoms with Gasteiger partial charge in [-0.05, 0) is 70.3 Å². The van der Waals surface area contributed by atoms with Gasteiger partial charge in [-0.2, -0.15) is 0 Å². The molecule has 122 valence electrons. The zero-order valence-corrected chi connectivity index (χ0v) is 13.8. The number of furan rings is 1. The maximum absolute atomic E-state index is 11.3. The summed E-state index contributed by atoms with van der Waals surface area (Å²) in [7, 11) is 1.94. The molecule has 1 aromatic heterocycles. The molecule has 0 saturated carbocycles. The molecule has 0 radical (unpaired) electrons. The van der Waals surface area contributed by atoms with E-state index in [0.717, 1.165) is 57.0 Å². The second kappa shape index (κ2) is 5.70. The fraction of sp³-hybridized carbons (Fsp3) is 0.706. The summed E-state index contributed by atoms with van der Waals surface area (Å²) in [6.07, 6.45) is 2.96. The minimum absolute atomic E-state index is 0.198. The molecule has 5 heteroatoms. The first kappa shape index (κ1) is 15.6. The first-order valence-corrected chi connectivity index (χ1v) is 8.10. The Labute approximate surface area is 131 Å². The van der Waals surface area contributed by atoms with Crippen LogP contribution in [0.2, 0.25) is 0 Å². The van der Waals surface area contributed by atoms with Gasteiger partial charge in [0.2, 0.25) is 0 Å². The van der Waals surface area contributed by atoms with Crippen LogP contribution >= 0.6 is 0 Å². The molecule has 1 atom stereocenters. The van der Waals surface area contributed by atoms with Crippen LogP contribution in [0.1, 0.15) is 36.3 Å². The monoisotopic (exact) mass is 306 g/mol. The Morgan fingerprint density at radius 2 is 2.09 bits per heavy atom. The van der Waals surface area contributed by atoms with Crippen LogP contribution in [-0.4, -0.2) is 53.6 Å². The van der Waals surface area contributed by atoms with E-state index in [-0.39, 0.29) is 11.5 Å². The van der Waals surface area contributed by atoms with Crippen molar-refractivity contribution in [2.24, 2.45) is 5.41 Å². The Balaban J connectivity index is 1.57. The SMILES string of the molecule is Cc1cc(CN2CCC3(CC2)CC(C(=O)O)N(C)C3)oc1C. The average molecular weight is 306 g/mol. The summed E-state index contributed by atoms with van der Waals surface area (Å²) in [5.74, 6) is 1.37. The fourth-order valence-corrected chi connectivity index (χ4v) is 4.04. The number of hydrogen-bond donors (Lipinski definition) is 1. The highest BCUT2D eigenvalue weighted by Gasteiger charge is 2.46. The van der Waals surface area contributed by atoms with Crippen molar-refractivity contribution >= 4 is 5.97 Å². The van der Waals surface area contributed by atoms with Crippen LogP contribution in [-0.2, 0) is 11.3 Å². The second-order valence-electron chi connectivity index (χ2n) is 7.20. The van der Waals surface area contributed by atoms with E-state index in [2.05, 4.69) is 17.9 Å². The largest absolute Gasteiger partial charge is 0.480 e. The Bertz CT molecular complexity index is 539. The number of rotatable bonds is 3. The summed E-state index contributed by atoms with van der Waals surface area (Å²) >= 11 is 0. The highest BCUT2D eigenvalue weighted by molar-refractivity contribution is 5.74. The molecule has 0 aromatic carbocycles. The Hall–Kier alpha value is -1.33. The van der Waals surface area contributed by atoms with Crippen molar-refractivity contribution in [2.75, 3.05) is 26.7 Å². The molecule has 3 rings (SSSR count). The molecule has 1 aromatic rings. The number of nitrogens with zero attached hydrogens (tertiary/aromatic N) is 2. The first-order chi connectivity index (χ1) is 10.4. The first-order valence-electron chi connectivity index (χ1n) is 8.10. The lowest BCUT2D eigenvalue weighted by Crippen LogP contribution is -2.40. The van der Waals surface area contributed by atoms with E-state index in [0.29, 0.717) is 0 Å². The van der Waals surface area contributed by atoms with Gasteiger partial charge in [0.1, 0.15) is 17.6 Å². The number of carbonyl (C=O) groups is 1. The van der Waals surface area contributed by atoms with Gasteiger partial charge in [-0.3, -0.25) is 14.6 Å². The molecule has 1 spiro atoms. The zero-order chi connectivity index (χ0) is 15.9. The predicted molar refractivity (Wildman–Crippen MR) is 83.8 cm³/mol. The van der Waals surface area contributed by atoms with Gasteiger partial charge in [0, 0.05) is 6.54 Å². The van der Waals surface area contributed by atoms with Crippen LogP contribution in [0.4, 0.5) is 0 Å².